The van der Waals surface area contributed by atoms with Gasteiger partial charge in [0.15, 0.2) is 11.3 Å². The summed E-state index contributed by atoms with van der Waals surface area (Å²) >= 11 is 0. The number of aromatic nitrogens is 8. The molecule has 4 heterocycles. The maximum absolute atomic E-state index is 11.5. The Labute approximate surface area is 175 Å². The first-order valence-corrected chi connectivity index (χ1v) is 9.33. The van der Waals surface area contributed by atoms with Crippen molar-refractivity contribution in [1.82, 2.24) is 39.6 Å². The average Bonchev–Trinajstić information content (AvgIpc) is 3.40. The highest BCUT2D eigenvalue weighted by molar-refractivity contribution is 5.74. The van der Waals surface area contributed by atoms with Gasteiger partial charge in [-0.05, 0) is 19.1 Å². The molecule has 0 aliphatic rings. The molecule has 0 aromatic carbocycles. The number of azo groups is 1. The van der Waals surface area contributed by atoms with E-state index in [1.54, 1.807) is 18.2 Å². The van der Waals surface area contributed by atoms with Crippen molar-refractivity contribution in [2.75, 3.05) is 0 Å². The predicted molar refractivity (Wildman–Crippen MR) is 111 cm³/mol. The van der Waals surface area contributed by atoms with Gasteiger partial charge in [0.25, 0.3) is 11.8 Å². The zero-order valence-electron chi connectivity index (χ0n) is 17.3. The number of hydrogen-bond donors (Lipinski definition) is 1. The highest BCUT2D eigenvalue weighted by atomic mass is 16.6. The number of nitrogens with one attached hydrogen (secondary N) is 1. The molecule has 0 saturated carbocycles. The maximum atomic E-state index is 11.5. The van der Waals surface area contributed by atoms with Crippen LogP contribution in [0.5, 0.6) is 0 Å². The third kappa shape index (κ3) is 3.68. The normalized spacial score (nSPS) is 12.5. The van der Waals surface area contributed by atoms with Crippen LogP contribution in [0.25, 0.3) is 17.7 Å². The van der Waals surface area contributed by atoms with Gasteiger partial charge in [0.05, 0.1) is 4.92 Å². The van der Waals surface area contributed by atoms with Gasteiger partial charge in [-0.1, -0.05) is 26.8 Å². The summed E-state index contributed by atoms with van der Waals surface area (Å²) < 4.78 is 2.60. The molecule has 13 nitrogen and oxygen atoms in total. The van der Waals surface area contributed by atoms with E-state index in [4.69, 9.17) is 0 Å². The van der Waals surface area contributed by atoms with Crippen molar-refractivity contribution >= 4 is 28.9 Å². The van der Waals surface area contributed by atoms with Crippen molar-refractivity contribution < 1.29 is 4.92 Å². The Hall–Kier alpha value is -4.29. The first-order valence-electron chi connectivity index (χ1n) is 9.33. The number of allylic oxidation sites excluding steroid dienone is 1. The molecule has 0 aliphatic heterocycles. The largest absolute Gasteiger partial charge is 0.335 e. The van der Waals surface area contributed by atoms with E-state index in [9.17, 15) is 10.1 Å². The van der Waals surface area contributed by atoms with Crippen LogP contribution >= 0.6 is 0 Å². The summed E-state index contributed by atoms with van der Waals surface area (Å²) in [4.78, 5) is 22.3. The van der Waals surface area contributed by atoms with Crippen molar-refractivity contribution in [3.05, 3.63) is 52.4 Å². The van der Waals surface area contributed by atoms with Gasteiger partial charge in [-0.25, -0.2) is 9.97 Å². The Morgan fingerprint density at radius 1 is 1.19 bits per heavy atom. The summed E-state index contributed by atoms with van der Waals surface area (Å²) in [5, 5.41) is 32.8. The minimum Gasteiger partial charge on any atom is -0.323 e. The van der Waals surface area contributed by atoms with E-state index in [-0.39, 0.29) is 22.9 Å². The highest BCUT2D eigenvalue weighted by Gasteiger charge is 2.25. The molecule has 0 aliphatic carbocycles. The Kier molecular flexibility index (Phi) is 4.85. The molecule has 0 spiro atoms. The fraction of sp³-hybridized carbons (Fsp3) is 0.278. The van der Waals surface area contributed by atoms with Crippen LogP contribution in [0.2, 0.25) is 0 Å². The quantitative estimate of drug-likeness (QED) is 0.292. The molecule has 0 saturated heterocycles. The molecule has 0 amide bonds. The summed E-state index contributed by atoms with van der Waals surface area (Å²) in [7, 11) is 0. The minimum atomic E-state index is -0.588. The fourth-order valence-corrected chi connectivity index (χ4v) is 2.74. The molecule has 0 radical (unpaired) electrons. The second kappa shape index (κ2) is 7.51. The minimum absolute atomic E-state index is 0.113. The van der Waals surface area contributed by atoms with Crippen LogP contribution in [-0.2, 0) is 5.41 Å². The van der Waals surface area contributed by atoms with Crippen molar-refractivity contribution in [2.45, 2.75) is 33.1 Å². The molecule has 1 N–H and O–H groups in total. The van der Waals surface area contributed by atoms with Gasteiger partial charge in [-0.2, -0.15) is 9.78 Å². The van der Waals surface area contributed by atoms with Gasteiger partial charge >= 0.3 is 5.69 Å². The van der Waals surface area contributed by atoms with E-state index in [0.717, 1.165) is 10.9 Å². The lowest BCUT2D eigenvalue weighted by atomic mass is 9.96. The van der Waals surface area contributed by atoms with E-state index < -0.39 is 4.92 Å². The summed E-state index contributed by atoms with van der Waals surface area (Å²) in [5.41, 5.74) is 0.851. The zero-order valence-corrected chi connectivity index (χ0v) is 17.3. The third-order valence-electron chi connectivity index (χ3n) is 4.24. The Morgan fingerprint density at radius 2 is 1.94 bits per heavy atom. The molecular weight excluding hydrogens is 402 g/mol. The summed E-state index contributed by atoms with van der Waals surface area (Å²) in [6.07, 6.45) is 7.64. The highest BCUT2D eigenvalue weighted by Crippen LogP contribution is 2.33. The lowest BCUT2D eigenvalue weighted by Crippen LogP contribution is -2.13. The van der Waals surface area contributed by atoms with Crippen molar-refractivity contribution in [1.29, 1.82) is 0 Å². The first-order chi connectivity index (χ1) is 14.8. The van der Waals surface area contributed by atoms with Crippen molar-refractivity contribution in [3.63, 3.8) is 0 Å². The Bertz CT molecular complexity index is 1310. The molecule has 158 valence electrons. The van der Waals surface area contributed by atoms with Gasteiger partial charge in [0, 0.05) is 17.8 Å². The number of hydrogen-bond acceptors (Lipinski definition) is 9. The van der Waals surface area contributed by atoms with Crippen molar-refractivity contribution in [3.8, 4) is 5.95 Å². The van der Waals surface area contributed by atoms with E-state index in [1.807, 2.05) is 27.7 Å². The first kappa shape index (κ1) is 20.0. The second-order valence-electron chi connectivity index (χ2n) is 7.57. The van der Waals surface area contributed by atoms with Crippen LogP contribution in [0, 0.1) is 10.1 Å². The monoisotopic (exact) mass is 421 g/mol. The SMILES string of the molecule is C/C=C/c1nn2nc(C(C)(C)C)[nH]c2c1/N=N/c1c([N+](=O)[O-])cnn1-c1ncccn1. The number of fused-ring (bicyclic) bond motifs is 1. The topological polar surface area (TPSA) is 157 Å². The molecule has 0 bridgehead atoms. The number of rotatable bonds is 5. The van der Waals surface area contributed by atoms with E-state index in [1.165, 1.54) is 17.0 Å². The summed E-state index contributed by atoms with van der Waals surface area (Å²) in [6, 6.07) is 1.63. The van der Waals surface area contributed by atoms with Crippen LogP contribution < -0.4 is 0 Å². The van der Waals surface area contributed by atoms with Crippen LogP contribution in [0.1, 0.15) is 39.2 Å². The average molecular weight is 421 g/mol. The predicted octanol–water partition coefficient (Wildman–Crippen LogP) is 3.69. The van der Waals surface area contributed by atoms with E-state index >= 15 is 0 Å². The lowest BCUT2D eigenvalue weighted by molar-refractivity contribution is -0.384. The second-order valence-corrected chi connectivity index (χ2v) is 7.57. The molecular formula is C18H19N11O2. The molecule has 0 unspecified atom stereocenters. The van der Waals surface area contributed by atoms with Gasteiger partial charge < -0.3 is 4.98 Å². The zero-order chi connectivity index (χ0) is 22.2. The maximum Gasteiger partial charge on any atom is 0.335 e. The number of aromatic amines is 1. The molecule has 13 heteroatoms. The number of nitrogens with zero attached hydrogens (tertiary/aromatic N) is 10. The van der Waals surface area contributed by atoms with Crippen molar-refractivity contribution in [2.24, 2.45) is 10.2 Å². The van der Waals surface area contributed by atoms with Crippen LogP contribution in [0.4, 0.5) is 17.2 Å². The molecule has 4 aromatic rings. The molecule has 0 atom stereocenters. The standard InChI is InChI=1S/C18H19N11O2/c1-5-7-11-13(15-22-16(18(2,3)4)26-28(15)25-11)23-24-14-12(29(30)31)10-21-27(14)17-19-8-6-9-20-17/h5-10H,1-4H3,(H,22,26)/b7-5+,24-23+. The summed E-state index contributed by atoms with van der Waals surface area (Å²) in [5.74, 6) is 0.736. The van der Waals surface area contributed by atoms with Gasteiger partial charge in [0.2, 0.25) is 0 Å². The van der Waals surface area contributed by atoms with Crippen LogP contribution in [0.3, 0.4) is 0 Å². The fourth-order valence-electron chi connectivity index (χ4n) is 2.74. The smallest absolute Gasteiger partial charge is 0.323 e. The number of H-pyrrole nitrogens is 1. The van der Waals surface area contributed by atoms with Gasteiger partial charge in [-0.3, -0.25) is 10.1 Å². The third-order valence-corrected chi connectivity index (χ3v) is 4.24. The molecule has 4 aromatic heterocycles. The molecule has 31 heavy (non-hydrogen) atoms. The Balaban J connectivity index is 1.87. The van der Waals surface area contributed by atoms with Crippen LogP contribution in [0.15, 0.2) is 41.0 Å². The van der Waals surface area contributed by atoms with Gasteiger partial charge in [-0.15, -0.1) is 25.1 Å². The number of nitro groups is 1. The van der Waals surface area contributed by atoms with E-state index in [0.29, 0.717) is 22.9 Å². The molecule has 0 fully saturated rings. The summed E-state index contributed by atoms with van der Waals surface area (Å²) in [6.45, 7) is 7.89. The van der Waals surface area contributed by atoms with E-state index in [2.05, 4.69) is 40.5 Å². The van der Waals surface area contributed by atoms with Crippen LogP contribution in [-0.4, -0.2) is 44.5 Å². The van der Waals surface area contributed by atoms with Gasteiger partial charge in [0.1, 0.15) is 17.7 Å². The lowest BCUT2D eigenvalue weighted by Gasteiger charge is -2.12. The molecule has 4 rings (SSSR count). The Morgan fingerprint density at radius 3 is 2.58 bits per heavy atom.